The number of benzene rings is 1. The second kappa shape index (κ2) is 7.04. The Kier molecular flexibility index (Phi) is 5.36. The molecule has 0 aliphatic rings. The zero-order valence-corrected chi connectivity index (χ0v) is 12.9. The Bertz CT molecular complexity index is 634. The molecule has 2 aromatic rings. The van der Waals surface area contributed by atoms with E-state index < -0.39 is 23.5 Å². The van der Waals surface area contributed by atoms with E-state index >= 15 is 0 Å². The van der Waals surface area contributed by atoms with Crippen LogP contribution in [0.15, 0.2) is 34.9 Å². The van der Waals surface area contributed by atoms with Gasteiger partial charge in [-0.05, 0) is 53.2 Å². The number of hydrogen-bond acceptors (Lipinski definition) is 2. The monoisotopic (exact) mass is 358 g/mol. The Morgan fingerprint density at radius 2 is 1.95 bits per heavy atom. The number of nitrogens with zero attached hydrogens (tertiary/aromatic N) is 1. The molecule has 1 atom stereocenters. The smallest absolute Gasteiger partial charge is 0.146 e. The number of nitrogens with one attached hydrogen (secondary N) is 1. The van der Waals surface area contributed by atoms with Gasteiger partial charge in [0.2, 0.25) is 0 Å². The summed E-state index contributed by atoms with van der Waals surface area (Å²) in [6.45, 7) is 2.39. The lowest BCUT2D eigenvalue weighted by molar-refractivity contribution is 0.477. The summed E-state index contributed by atoms with van der Waals surface area (Å²) in [5.41, 5.74) is -0.266. The van der Waals surface area contributed by atoms with Crippen LogP contribution < -0.4 is 5.32 Å². The maximum atomic E-state index is 14.3. The second-order valence-corrected chi connectivity index (χ2v) is 5.37. The van der Waals surface area contributed by atoms with Crippen LogP contribution in [-0.4, -0.2) is 11.5 Å². The molecule has 2 rings (SSSR count). The second-order valence-electron chi connectivity index (χ2n) is 4.51. The molecule has 2 nitrogen and oxygen atoms in total. The van der Waals surface area contributed by atoms with Crippen LogP contribution in [0.3, 0.4) is 0 Å². The molecule has 0 radical (unpaired) electrons. The van der Waals surface area contributed by atoms with Gasteiger partial charge in [0.1, 0.15) is 17.5 Å². The van der Waals surface area contributed by atoms with Crippen LogP contribution in [0.2, 0.25) is 0 Å². The molecule has 0 saturated heterocycles. The fourth-order valence-corrected chi connectivity index (χ4v) is 2.39. The van der Waals surface area contributed by atoms with Crippen molar-refractivity contribution in [2.24, 2.45) is 0 Å². The lowest BCUT2D eigenvalue weighted by Crippen LogP contribution is -2.27. The van der Waals surface area contributed by atoms with Crippen LogP contribution in [0.1, 0.15) is 30.6 Å². The summed E-state index contributed by atoms with van der Waals surface area (Å²) >= 11 is 3.02. The third kappa shape index (κ3) is 3.44. The van der Waals surface area contributed by atoms with Crippen molar-refractivity contribution in [2.45, 2.75) is 19.4 Å². The van der Waals surface area contributed by atoms with Gasteiger partial charge < -0.3 is 5.32 Å². The summed E-state index contributed by atoms with van der Waals surface area (Å²) in [6, 6.07) is 4.09. The Morgan fingerprint density at radius 3 is 2.62 bits per heavy atom. The molecule has 0 amide bonds. The molecule has 0 aliphatic heterocycles. The van der Waals surface area contributed by atoms with Crippen molar-refractivity contribution in [1.82, 2.24) is 10.3 Å². The van der Waals surface area contributed by atoms with E-state index in [1.807, 2.05) is 6.92 Å². The van der Waals surface area contributed by atoms with E-state index in [1.165, 1.54) is 24.4 Å². The molecule has 0 fully saturated rings. The van der Waals surface area contributed by atoms with Gasteiger partial charge in [-0.15, -0.1) is 0 Å². The van der Waals surface area contributed by atoms with E-state index in [-0.39, 0.29) is 15.7 Å². The van der Waals surface area contributed by atoms with Crippen molar-refractivity contribution < 1.29 is 13.2 Å². The largest absolute Gasteiger partial charge is 0.305 e. The SMILES string of the molecule is CCCNC(c1ncccc1F)c1c(F)ccc(Br)c1F. The standard InChI is InChI=1S/C15H14BrF3N2/c1-2-7-20-15(14-11(18)4-3-8-21-14)12-10(17)6-5-9(16)13(12)19/h3-6,8,15,20H,2,7H2,1H3. The zero-order chi connectivity index (χ0) is 15.4. The van der Waals surface area contributed by atoms with E-state index in [1.54, 1.807) is 0 Å². The summed E-state index contributed by atoms with van der Waals surface area (Å²) in [5, 5.41) is 2.95. The van der Waals surface area contributed by atoms with Crippen molar-refractivity contribution in [2.75, 3.05) is 6.54 Å². The average molecular weight is 359 g/mol. The van der Waals surface area contributed by atoms with Crippen molar-refractivity contribution in [1.29, 1.82) is 0 Å². The summed E-state index contributed by atoms with van der Waals surface area (Å²) in [7, 11) is 0. The van der Waals surface area contributed by atoms with Gasteiger partial charge in [-0.2, -0.15) is 0 Å². The van der Waals surface area contributed by atoms with E-state index in [0.717, 1.165) is 12.5 Å². The van der Waals surface area contributed by atoms with E-state index in [2.05, 4.69) is 26.2 Å². The average Bonchev–Trinajstić information content (AvgIpc) is 2.47. The van der Waals surface area contributed by atoms with Crippen LogP contribution in [0.4, 0.5) is 13.2 Å². The number of rotatable bonds is 5. The molecule has 1 aromatic heterocycles. The van der Waals surface area contributed by atoms with Crippen molar-refractivity contribution in [3.63, 3.8) is 0 Å². The molecule has 1 unspecified atom stereocenters. The first kappa shape index (κ1) is 16.0. The van der Waals surface area contributed by atoms with Crippen LogP contribution >= 0.6 is 15.9 Å². The minimum absolute atomic E-state index is 0.0261. The highest BCUT2D eigenvalue weighted by Crippen LogP contribution is 2.31. The maximum Gasteiger partial charge on any atom is 0.146 e. The lowest BCUT2D eigenvalue weighted by Gasteiger charge is -2.20. The highest BCUT2D eigenvalue weighted by atomic mass is 79.9. The summed E-state index contributed by atoms with van der Waals surface area (Å²) in [5.74, 6) is -2.10. The van der Waals surface area contributed by atoms with Gasteiger partial charge in [0, 0.05) is 11.8 Å². The molecular formula is C15H14BrF3N2. The fourth-order valence-electron chi connectivity index (χ4n) is 2.04. The lowest BCUT2D eigenvalue weighted by atomic mass is 10.0. The summed E-state index contributed by atoms with van der Waals surface area (Å²) < 4.78 is 42.4. The first-order valence-electron chi connectivity index (χ1n) is 6.53. The van der Waals surface area contributed by atoms with Gasteiger partial charge in [-0.3, -0.25) is 4.98 Å². The predicted octanol–water partition coefficient (Wildman–Crippen LogP) is 4.35. The third-order valence-electron chi connectivity index (χ3n) is 3.03. The molecule has 112 valence electrons. The maximum absolute atomic E-state index is 14.3. The molecule has 21 heavy (non-hydrogen) atoms. The van der Waals surface area contributed by atoms with E-state index in [0.29, 0.717) is 6.54 Å². The molecule has 1 heterocycles. The molecule has 0 spiro atoms. The number of halogens is 4. The zero-order valence-electron chi connectivity index (χ0n) is 11.3. The van der Waals surface area contributed by atoms with E-state index in [4.69, 9.17) is 0 Å². The van der Waals surface area contributed by atoms with Gasteiger partial charge in [-0.1, -0.05) is 6.92 Å². The number of hydrogen-bond donors (Lipinski definition) is 1. The Labute approximate surface area is 129 Å². The van der Waals surface area contributed by atoms with Gasteiger partial charge in [0.25, 0.3) is 0 Å². The first-order valence-corrected chi connectivity index (χ1v) is 7.32. The molecule has 0 bridgehead atoms. The van der Waals surface area contributed by atoms with Crippen molar-refractivity contribution in [3.05, 3.63) is 63.6 Å². The molecular weight excluding hydrogens is 345 g/mol. The highest BCUT2D eigenvalue weighted by Gasteiger charge is 2.26. The normalized spacial score (nSPS) is 12.4. The highest BCUT2D eigenvalue weighted by molar-refractivity contribution is 9.10. The van der Waals surface area contributed by atoms with Crippen molar-refractivity contribution >= 4 is 15.9 Å². The molecule has 1 aromatic carbocycles. The van der Waals surface area contributed by atoms with Gasteiger partial charge in [0.15, 0.2) is 0 Å². The minimum Gasteiger partial charge on any atom is -0.305 e. The predicted molar refractivity (Wildman–Crippen MR) is 78.4 cm³/mol. The first-order chi connectivity index (χ1) is 10.1. The Hall–Kier alpha value is -1.40. The van der Waals surface area contributed by atoms with E-state index in [9.17, 15) is 13.2 Å². The molecule has 1 N–H and O–H groups in total. The van der Waals surface area contributed by atoms with Crippen LogP contribution in [0.5, 0.6) is 0 Å². The topological polar surface area (TPSA) is 24.9 Å². The Balaban J connectivity index is 2.56. The minimum atomic E-state index is -0.983. The summed E-state index contributed by atoms with van der Waals surface area (Å²) in [4.78, 5) is 3.93. The quantitative estimate of drug-likeness (QED) is 0.803. The fraction of sp³-hybridized carbons (Fsp3) is 0.267. The molecule has 6 heteroatoms. The van der Waals surface area contributed by atoms with Crippen molar-refractivity contribution in [3.8, 4) is 0 Å². The third-order valence-corrected chi connectivity index (χ3v) is 3.64. The number of pyridine rings is 1. The summed E-state index contributed by atoms with van der Waals surface area (Å²) in [6.07, 6.45) is 2.13. The van der Waals surface area contributed by atoms with Crippen LogP contribution in [-0.2, 0) is 0 Å². The van der Waals surface area contributed by atoms with Crippen LogP contribution in [0.25, 0.3) is 0 Å². The van der Waals surface area contributed by atoms with Gasteiger partial charge in [-0.25, -0.2) is 13.2 Å². The molecule has 0 aliphatic carbocycles. The molecule has 0 saturated carbocycles. The van der Waals surface area contributed by atoms with Crippen LogP contribution in [0, 0.1) is 17.5 Å². The Morgan fingerprint density at radius 1 is 1.19 bits per heavy atom. The van der Waals surface area contributed by atoms with Gasteiger partial charge in [0.05, 0.1) is 16.2 Å². The number of aromatic nitrogens is 1. The van der Waals surface area contributed by atoms with Gasteiger partial charge >= 0.3 is 0 Å².